The number of ether oxygens (including phenoxy) is 1. The van der Waals surface area contributed by atoms with Crippen LogP contribution in [0, 0.1) is 12.3 Å². The molecule has 33 heavy (non-hydrogen) atoms. The topological polar surface area (TPSA) is 256 Å². The summed E-state index contributed by atoms with van der Waals surface area (Å²) in [5.74, 6) is 2.30. The highest BCUT2D eigenvalue weighted by molar-refractivity contribution is 8.51. The summed E-state index contributed by atoms with van der Waals surface area (Å²) in [4.78, 5) is 40.4. The van der Waals surface area contributed by atoms with Crippen LogP contribution in [-0.2, 0) is 32.9 Å². The zero-order valence-electron chi connectivity index (χ0n) is 16.1. The van der Waals surface area contributed by atoms with Crippen molar-refractivity contribution in [3.05, 3.63) is 24.2 Å². The molecule has 3 rings (SSSR count). The molecule has 0 amide bonds. The quantitative estimate of drug-likeness (QED) is 0.159. The van der Waals surface area contributed by atoms with Gasteiger partial charge in [0.2, 0.25) is 0 Å². The van der Waals surface area contributed by atoms with E-state index in [0.29, 0.717) is 5.52 Å². The van der Waals surface area contributed by atoms with E-state index in [1.54, 1.807) is 0 Å². The summed E-state index contributed by atoms with van der Waals surface area (Å²) in [5, 5.41) is 25.0. The summed E-state index contributed by atoms with van der Waals surface area (Å²) >= 11 is 0. The van der Waals surface area contributed by atoms with Crippen molar-refractivity contribution in [3.8, 4) is 12.3 Å². The van der Waals surface area contributed by atoms with Crippen LogP contribution in [0.4, 0.5) is 5.82 Å². The lowest BCUT2D eigenvalue weighted by atomic mass is 9.92. The molecule has 1 fully saturated rings. The van der Waals surface area contributed by atoms with E-state index < -0.39 is 60.9 Å². The van der Waals surface area contributed by atoms with Gasteiger partial charge in [0.1, 0.15) is 38.1 Å². The maximum atomic E-state index is 12.0. The Morgan fingerprint density at radius 1 is 1.27 bits per heavy atom. The van der Waals surface area contributed by atoms with Crippen molar-refractivity contribution in [3.63, 3.8) is 0 Å². The number of rotatable bonds is 8. The van der Waals surface area contributed by atoms with Crippen LogP contribution in [0.2, 0.25) is 0 Å². The first kappa shape index (κ1) is 26.3. The largest absolute Gasteiger partial charge is 0.479 e. The van der Waals surface area contributed by atoms with Gasteiger partial charge in [-0.3, -0.25) is 13.7 Å². The van der Waals surface area contributed by atoms with Crippen LogP contribution in [0.5, 0.6) is 0 Å². The van der Waals surface area contributed by atoms with Crippen LogP contribution in [0.3, 0.4) is 0 Å². The zero-order valence-corrected chi connectivity index (χ0v) is 19.8. The smallest absolute Gasteiger partial charge is 0.387 e. The fourth-order valence-corrected chi connectivity index (χ4v) is 11.4. The van der Waals surface area contributed by atoms with Crippen molar-refractivity contribution in [2.75, 3.05) is 12.3 Å². The molecule has 0 saturated carbocycles. The molecule has 0 aliphatic carbocycles. The summed E-state index contributed by atoms with van der Waals surface area (Å²) in [6.45, 7) is -0.977. The van der Waals surface area contributed by atoms with Crippen LogP contribution >= 0.6 is 30.3 Å². The van der Waals surface area contributed by atoms with Gasteiger partial charge < -0.3 is 40.3 Å². The second-order valence-electron chi connectivity index (χ2n) is 6.64. The van der Waals surface area contributed by atoms with Crippen molar-refractivity contribution < 1.29 is 57.1 Å². The predicted octanol–water partition coefficient (Wildman–Crippen LogP) is -0.734. The molecule has 0 radical (unpaired) electrons. The van der Waals surface area contributed by atoms with Gasteiger partial charge in [0.15, 0.2) is 11.4 Å². The number of terminal acetylenes is 1. The number of aliphatic hydroxyl groups is 2. The van der Waals surface area contributed by atoms with E-state index in [2.05, 4.69) is 24.8 Å². The number of hydrogen-bond donors (Lipinski definition) is 7. The standard InChI is InChI=1S/C13H18N4O12P4/c1-2-13(9-4-3-7-12(14)15-6-16-17(7)9)11(19)10(18)8(28-13)5-27-32(23,24)29-33(25,26)30-31(20,21)22/h1,3-4,6,8,10-11,18-19,30H,5H2,(H,23,24)(H,25,26)(H2,14,15,16)(H2,20,21,22)/t8-,10-,11-,13+/m1/s1. The van der Waals surface area contributed by atoms with Crippen LogP contribution in [0.15, 0.2) is 18.5 Å². The van der Waals surface area contributed by atoms with Gasteiger partial charge in [-0.1, -0.05) is 5.92 Å². The monoisotopic (exact) mass is 546 g/mol. The molecule has 1 saturated heterocycles. The number of aliphatic hydroxyl groups excluding tert-OH is 2. The predicted molar refractivity (Wildman–Crippen MR) is 112 cm³/mol. The maximum absolute atomic E-state index is 12.0. The molecule has 0 spiro atoms. The molecule has 16 nitrogen and oxygen atoms in total. The lowest BCUT2D eigenvalue weighted by Crippen LogP contribution is -2.41. The minimum Gasteiger partial charge on any atom is -0.387 e. The third-order valence-electron chi connectivity index (χ3n) is 4.41. The second kappa shape index (κ2) is 9.07. The summed E-state index contributed by atoms with van der Waals surface area (Å²) in [7, 11) is -17.6. The lowest BCUT2D eigenvalue weighted by molar-refractivity contribution is -0.0620. The zero-order chi connectivity index (χ0) is 24.8. The molecular weight excluding hydrogens is 528 g/mol. The number of nitrogens with two attached hydrogens (primary N) is 1. The summed E-state index contributed by atoms with van der Waals surface area (Å²) in [5.41, 5.74) is 4.12. The Kier molecular flexibility index (Phi) is 7.24. The number of phosphoric ester groups is 1. The second-order valence-corrected chi connectivity index (χ2v) is 16.7. The minimum absolute atomic E-state index is 0.0642. The van der Waals surface area contributed by atoms with E-state index in [9.17, 15) is 33.7 Å². The highest BCUT2D eigenvalue weighted by Crippen LogP contribution is 2.82. The van der Waals surface area contributed by atoms with Crippen LogP contribution < -0.4 is 5.73 Å². The SMILES string of the molecule is C#C[C@@]1(c2ccc3c(N)ncnn23)O[C@H](CO[P@](=O)(O)OP(=O)(O)PP(=O)(O)O)[C@@H](O)[C@H]1O. The average Bonchev–Trinajstić information content (AvgIpc) is 3.20. The van der Waals surface area contributed by atoms with Gasteiger partial charge in [0, 0.05) is 0 Å². The molecule has 2 unspecified atom stereocenters. The van der Waals surface area contributed by atoms with E-state index in [1.165, 1.54) is 16.6 Å². The van der Waals surface area contributed by atoms with Gasteiger partial charge >= 0.3 is 22.4 Å². The van der Waals surface area contributed by atoms with Gasteiger partial charge in [0.25, 0.3) is 0 Å². The Bertz CT molecular complexity index is 1240. The fraction of sp³-hybridized carbons (Fsp3) is 0.385. The Labute approximate surface area is 186 Å². The van der Waals surface area contributed by atoms with Gasteiger partial charge in [-0.05, 0) is 12.1 Å². The highest BCUT2D eigenvalue weighted by Gasteiger charge is 2.56. The van der Waals surface area contributed by atoms with Crippen LogP contribution in [0.1, 0.15) is 5.69 Å². The maximum Gasteiger partial charge on any atom is 0.479 e. The third kappa shape index (κ3) is 5.53. The summed E-state index contributed by atoms with van der Waals surface area (Å²) < 4.78 is 49.9. The molecule has 8 N–H and O–H groups in total. The van der Waals surface area contributed by atoms with Gasteiger partial charge in [-0.15, -0.1) is 6.42 Å². The molecule has 182 valence electrons. The highest BCUT2D eigenvalue weighted by atomic mass is 32.5. The molecular formula is C13H18N4O12P4. The fourth-order valence-electron chi connectivity index (χ4n) is 3.11. The number of aromatic nitrogens is 3. The number of phosphoric acid groups is 1. The van der Waals surface area contributed by atoms with Crippen molar-refractivity contribution in [2.24, 2.45) is 0 Å². The van der Waals surface area contributed by atoms with Crippen molar-refractivity contribution in [1.29, 1.82) is 0 Å². The van der Waals surface area contributed by atoms with Crippen molar-refractivity contribution in [2.45, 2.75) is 23.9 Å². The minimum atomic E-state index is -5.37. The van der Waals surface area contributed by atoms with Crippen LogP contribution in [0.25, 0.3) is 5.52 Å². The molecule has 7 atom stereocenters. The molecule has 2 aromatic heterocycles. The van der Waals surface area contributed by atoms with Crippen molar-refractivity contribution in [1.82, 2.24) is 14.6 Å². The number of anilines is 1. The first-order valence-electron chi connectivity index (χ1n) is 8.58. The van der Waals surface area contributed by atoms with Gasteiger partial charge in [-0.25, -0.2) is 18.4 Å². The molecule has 1 aliphatic rings. The van der Waals surface area contributed by atoms with E-state index >= 15 is 0 Å². The first-order chi connectivity index (χ1) is 15.1. The van der Waals surface area contributed by atoms with E-state index in [1.807, 2.05) is 0 Å². The number of nitrogen functional groups attached to an aromatic ring is 1. The van der Waals surface area contributed by atoms with Gasteiger partial charge in [0.05, 0.1) is 12.3 Å². The Hall–Kier alpha value is -1.26. The molecule has 20 heteroatoms. The van der Waals surface area contributed by atoms with E-state index in [-0.39, 0.29) is 11.5 Å². The Morgan fingerprint density at radius 2 is 1.94 bits per heavy atom. The molecule has 3 heterocycles. The number of fused-ring (bicyclic) bond motifs is 1. The average molecular weight is 546 g/mol. The molecule has 1 aliphatic heterocycles. The third-order valence-corrected chi connectivity index (χ3v) is 14.0. The van der Waals surface area contributed by atoms with Gasteiger partial charge in [-0.2, -0.15) is 5.10 Å². The lowest BCUT2D eigenvalue weighted by Gasteiger charge is -2.26. The molecule has 2 aromatic rings. The van der Waals surface area contributed by atoms with Crippen LogP contribution in [-0.4, -0.2) is 69.3 Å². The molecule has 0 aromatic carbocycles. The first-order valence-corrected chi connectivity index (χ1v) is 15.9. The normalized spacial score (nSPS) is 29.8. The Morgan fingerprint density at radius 3 is 2.55 bits per heavy atom. The molecule has 0 bridgehead atoms. The Balaban J connectivity index is 1.80. The van der Waals surface area contributed by atoms with E-state index in [4.69, 9.17) is 26.7 Å². The number of nitrogens with zero attached hydrogens (tertiary/aromatic N) is 3. The summed E-state index contributed by atoms with van der Waals surface area (Å²) in [6, 6.07) is 2.89. The summed E-state index contributed by atoms with van der Waals surface area (Å²) in [6.07, 6.45) is 1.58. The van der Waals surface area contributed by atoms with E-state index in [0.717, 1.165) is 6.33 Å². The number of hydrogen-bond acceptors (Lipinski definition) is 11. The van der Waals surface area contributed by atoms with Crippen molar-refractivity contribution >= 4 is 41.7 Å².